The Morgan fingerprint density at radius 2 is 1.75 bits per heavy atom. The second-order valence-electron chi connectivity index (χ2n) is 5.46. The number of rotatable bonds is 6. The summed E-state index contributed by atoms with van der Waals surface area (Å²) in [6.07, 6.45) is 2.26. The van der Waals surface area contributed by atoms with Gasteiger partial charge in [0.1, 0.15) is 0 Å². The fourth-order valence-electron chi connectivity index (χ4n) is 2.68. The molecular weight excluding hydrogens is 338 g/mol. The van der Waals surface area contributed by atoms with Gasteiger partial charge in [-0.15, -0.1) is 0 Å². The van der Waals surface area contributed by atoms with E-state index in [1.807, 2.05) is 12.1 Å². The predicted octanol–water partition coefficient (Wildman–Crippen LogP) is 4.76. The predicted molar refractivity (Wildman–Crippen MR) is 100.0 cm³/mol. The third-order valence-corrected chi connectivity index (χ3v) is 5.25. The van der Waals surface area contributed by atoms with E-state index in [4.69, 9.17) is 9.47 Å². The summed E-state index contributed by atoms with van der Waals surface area (Å²) in [4.78, 5) is 0. The van der Waals surface area contributed by atoms with Crippen LogP contribution in [0.4, 0.5) is 0 Å². The third-order valence-electron chi connectivity index (χ3n) is 3.88. The molecule has 24 heavy (non-hydrogen) atoms. The van der Waals surface area contributed by atoms with E-state index >= 15 is 0 Å². The molecule has 0 fully saturated rings. The van der Waals surface area contributed by atoms with E-state index in [-0.39, 0.29) is 0 Å². The zero-order valence-corrected chi connectivity index (χ0v) is 14.7. The molecule has 2 aromatic heterocycles. The van der Waals surface area contributed by atoms with Crippen LogP contribution >= 0.6 is 22.7 Å². The van der Waals surface area contributed by atoms with Gasteiger partial charge in [-0.05, 0) is 68.0 Å². The van der Waals surface area contributed by atoms with Crippen molar-refractivity contribution in [1.29, 1.82) is 0 Å². The molecule has 3 aromatic rings. The van der Waals surface area contributed by atoms with Crippen molar-refractivity contribution in [2.24, 2.45) is 0 Å². The average Bonchev–Trinajstić information content (AvgIpc) is 3.36. The molecule has 1 N–H and O–H groups in total. The zero-order chi connectivity index (χ0) is 16.2. The van der Waals surface area contributed by atoms with Crippen LogP contribution in [0.25, 0.3) is 5.57 Å². The minimum absolute atomic E-state index is 0.319. The van der Waals surface area contributed by atoms with Gasteiger partial charge < -0.3 is 14.8 Å². The Morgan fingerprint density at radius 1 is 1.00 bits per heavy atom. The molecule has 3 heterocycles. The molecule has 0 spiro atoms. The number of ether oxygens (including phenoxy) is 2. The number of hydrogen-bond donors (Lipinski definition) is 1. The lowest BCUT2D eigenvalue weighted by atomic mass is 10.0. The second kappa shape index (κ2) is 7.21. The zero-order valence-electron chi connectivity index (χ0n) is 13.0. The first-order valence-electron chi connectivity index (χ1n) is 7.75. The van der Waals surface area contributed by atoms with Crippen LogP contribution < -0.4 is 14.8 Å². The van der Waals surface area contributed by atoms with Gasteiger partial charge in [0, 0.05) is 13.1 Å². The highest BCUT2D eigenvalue weighted by atomic mass is 32.1. The summed E-state index contributed by atoms with van der Waals surface area (Å²) in [6, 6.07) is 10.4. The summed E-state index contributed by atoms with van der Waals surface area (Å²) < 4.78 is 10.8. The van der Waals surface area contributed by atoms with Gasteiger partial charge in [-0.25, -0.2) is 0 Å². The number of fused-ring (bicyclic) bond motifs is 1. The van der Waals surface area contributed by atoms with Crippen LogP contribution in [0, 0.1) is 0 Å². The Kier molecular flexibility index (Phi) is 4.64. The van der Waals surface area contributed by atoms with Crippen LogP contribution in [0.5, 0.6) is 11.5 Å². The molecule has 0 saturated heterocycles. The molecule has 0 aliphatic carbocycles. The first-order valence-corrected chi connectivity index (χ1v) is 9.63. The van der Waals surface area contributed by atoms with E-state index in [9.17, 15) is 0 Å². The van der Waals surface area contributed by atoms with E-state index < -0.39 is 0 Å². The standard InChI is InChI=1S/C19H17NO2S2/c1-2-18-19(22-13-21-18)9-14(1)10-20-6-3-17(15-4-7-23-11-15)16-5-8-24-12-16/h1-5,7-9,11-12,20H,6,10,13H2. The van der Waals surface area contributed by atoms with Gasteiger partial charge in [-0.1, -0.05) is 12.1 Å². The molecule has 1 aliphatic heterocycles. The SMILES string of the molecule is C(CNCc1ccc2c(c1)OCO2)=C(c1ccsc1)c1ccsc1. The van der Waals surface area contributed by atoms with Crippen LogP contribution in [-0.4, -0.2) is 13.3 Å². The van der Waals surface area contributed by atoms with Crippen molar-refractivity contribution in [3.05, 3.63) is 74.6 Å². The van der Waals surface area contributed by atoms with Gasteiger partial charge in [0.25, 0.3) is 0 Å². The normalized spacial score (nSPS) is 12.3. The number of thiophene rings is 2. The van der Waals surface area contributed by atoms with Crippen molar-refractivity contribution in [3.63, 3.8) is 0 Å². The van der Waals surface area contributed by atoms with Crippen molar-refractivity contribution in [1.82, 2.24) is 5.32 Å². The maximum Gasteiger partial charge on any atom is 0.231 e. The Morgan fingerprint density at radius 3 is 2.46 bits per heavy atom. The summed E-state index contributed by atoms with van der Waals surface area (Å²) in [6.45, 7) is 1.93. The Bertz CT molecular complexity index is 787. The lowest BCUT2D eigenvalue weighted by Crippen LogP contribution is -2.13. The first-order chi connectivity index (χ1) is 11.9. The fourth-order valence-corrected chi connectivity index (χ4v) is 3.99. The average molecular weight is 355 g/mol. The van der Waals surface area contributed by atoms with Crippen LogP contribution in [0.15, 0.2) is 57.9 Å². The molecule has 0 atom stereocenters. The molecule has 5 heteroatoms. The Hall–Kier alpha value is -2.08. The van der Waals surface area contributed by atoms with Crippen molar-refractivity contribution < 1.29 is 9.47 Å². The molecule has 0 saturated carbocycles. The van der Waals surface area contributed by atoms with Crippen molar-refractivity contribution >= 4 is 28.2 Å². The highest BCUT2D eigenvalue weighted by Gasteiger charge is 2.12. The minimum atomic E-state index is 0.319. The monoisotopic (exact) mass is 355 g/mol. The lowest BCUT2D eigenvalue weighted by molar-refractivity contribution is 0.174. The van der Waals surface area contributed by atoms with Gasteiger partial charge in [0.2, 0.25) is 6.79 Å². The van der Waals surface area contributed by atoms with Crippen LogP contribution in [-0.2, 0) is 6.54 Å². The molecule has 3 nitrogen and oxygen atoms in total. The topological polar surface area (TPSA) is 30.5 Å². The summed E-state index contributed by atoms with van der Waals surface area (Å²) in [5, 5.41) is 12.1. The molecule has 122 valence electrons. The maximum absolute atomic E-state index is 5.42. The van der Waals surface area contributed by atoms with E-state index in [0.29, 0.717) is 6.79 Å². The first kappa shape index (κ1) is 15.4. The maximum atomic E-state index is 5.42. The van der Waals surface area contributed by atoms with Gasteiger partial charge in [-0.3, -0.25) is 0 Å². The number of benzene rings is 1. The number of hydrogen-bond acceptors (Lipinski definition) is 5. The van der Waals surface area contributed by atoms with Crippen molar-refractivity contribution in [2.75, 3.05) is 13.3 Å². The molecule has 0 unspecified atom stereocenters. The lowest BCUT2D eigenvalue weighted by Gasteiger charge is -2.06. The largest absolute Gasteiger partial charge is 0.454 e. The second-order valence-corrected chi connectivity index (χ2v) is 7.02. The summed E-state index contributed by atoms with van der Waals surface area (Å²) in [5.74, 6) is 1.66. The van der Waals surface area contributed by atoms with Gasteiger partial charge in [0.05, 0.1) is 0 Å². The minimum Gasteiger partial charge on any atom is -0.454 e. The highest BCUT2D eigenvalue weighted by Crippen LogP contribution is 2.32. The van der Waals surface area contributed by atoms with E-state index in [1.165, 1.54) is 22.3 Å². The van der Waals surface area contributed by atoms with E-state index in [0.717, 1.165) is 24.6 Å². The Labute approximate surface area is 149 Å². The fraction of sp³-hybridized carbons (Fsp3) is 0.158. The molecule has 0 bridgehead atoms. The van der Waals surface area contributed by atoms with E-state index in [1.54, 1.807) is 22.7 Å². The quantitative estimate of drug-likeness (QED) is 0.647. The molecule has 1 aliphatic rings. The van der Waals surface area contributed by atoms with Gasteiger partial charge >= 0.3 is 0 Å². The third kappa shape index (κ3) is 3.38. The molecule has 4 rings (SSSR count). The molecule has 0 radical (unpaired) electrons. The summed E-state index contributed by atoms with van der Waals surface area (Å²) in [5.41, 5.74) is 5.04. The van der Waals surface area contributed by atoms with Crippen LogP contribution in [0.2, 0.25) is 0 Å². The van der Waals surface area contributed by atoms with Crippen molar-refractivity contribution in [3.8, 4) is 11.5 Å². The van der Waals surface area contributed by atoms with E-state index in [2.05, 4.69) is 51.1 Å². The van der Waals surface area contributed by atoms with Gasteiger partial charge in [-0.2, -0.15) is 22.7 Å². The van der Waals surface area contributed by atoms with Crippen LogP contribution in [0.3, 0.4) is 0 Å². The number of nitrogens with one attached hydrogen (secondary N) is 1. The molecular formula is C19H17NO2S2. The Balaban J connectivity index is 1.42. The highest BCUT2D eigenvalue weighted by molar-refractivity contribution is 7.08. The van der Waals surface area contributed by atoms with Crippen molar-refractivity contribution in [2.45, 2.75) is 6.54 Å². The van der Waals surface area contributed by atoms with Gasteiger partial charge in [0.15, 0.2) is 11.5 Å². The van der Waals surface area contributed by atoms with Crippen LogP contribution in [0.1, 0.15) is 16.7 Å². The summed E-state index contributed by atoms with van der Waals surface area (Å²) in [7, 11) is 0. The summed E-state index contributed by atoms with van der Waals surface area (Å²) >= 11 is 3.46. The molecule has 0 amide bonds. The smallest absolute Gasteiger partial charge is 0.231 e. The molecule has 1 aromatic carbocycles.